The van der Waals surface area contributed by atoms with E-state index in [2.05, 4.69) is 10.3 Å². The lowest BCUT2D eigenvalue weighted by molar-refractivity contribution is 0.0827. The van der Waals surface area contributed by atoms with Crippen LogP contribution in [-0.2, 0) is 0 Å². The number of nitrogens with one attached hydrogen (secondary N) is 1. The van der Waals surface area contributed by atoms with Gasteiger partial charge in [-0.25, -0.2) is 4.98 Å². The quantitative estimate of drug-likeness (QED) is 0.730. The summed E-state index contributed by atoms with van der Waals surface area (Å²) in [7, 11) is 4.98. The van der Waals surface area contributed by atoms with Crippen LogP contribution in [0.3, 0.4) is 0 Å². The number of carbonyl (C=O) groups excluding carboxylic acids is 2. The van der Waals surface area contributed by atoms with E-state index >= 15 is 0 Å². The maximum absolute atomic E-state index is 12.5. The summed E-state index contributed by atoms with van der Waals surface area (Å²) in [5.74, 6) is 0.322. The molecule has 0 unspecified atom stereocenters. The molecule has 2 aromatic carbocycles. The summed E-state index contributed by atoms with van der Waals surface area (Å²) in [6.07, 6.45) is 0. The summed E-state index contributed by atoms with van der Waals surface area (Å²) in [5.41, 5.74) is 2.30. The molecule has 1 N–H and O–H groups in total. The molecule has 0 saturated heterocycles. The average Bonchev–Trinajstić information content (AvgIpc) is 3.18. The van der Waals surface area contributed by atoms with Gasteiger partial charge in [-0.15, -0.1) is 11.3 Å². The van der Waals surface area contributed by atoms with Crippen molar-refractivity contribution in [3.63, 3.8) is 0 Å². The Bertz CT molecular complexity index is 965. The highest BCUT2D eigenvalue weighted by Gasteiger charge is 2.14. The molecule has 0 aliphatic rings. The van der Waals surface area contributed by atoms with E-state index in [1.54, 1.807) is 50.9 Å². The minimum atomic E-state index is -0.319. The van der Waals surface area contributed by atoms with Gasteiger partial charge in [0.05, 0.1) is 7.11 Å². The maximum Gasteiger partial charge on any atom is 0.275 e. The van der Waals surface area contributed by atoms with Crippen LogP contribution in [0.25, 0.3) is 10.6 Å². The van der Waals surface area contributed by atoms with Crippen molar-refractivity contribution < 1.29 is 14.3 Å². The van der Waals surface area contributed by atoms with Crippen LogP contribution in [0, 0.1) is 0 Å². The van der Waals surface area contributed by atoms with E-state index in [9.17, 15) is 9.59 Å². The van der Waals surface area contributed by atoms with E-state index in [0.717, 1.165) is 16.3 Å². The van der Waals surface area contributed by atoms with Crippen molar-refractivity contribution in [2.24, 2.45) is 0 Å². The molecule has 138 valence electrons. The molecule has 0 bridgehead atoms. The third-order valence-corrected chi connectivity index (χ3v) is 4.74. The zero-order chi connectivity index (χ0) is 19.4. The van der Waals surface area contributed by atoms with Crippen molar-refractivity contribution in [2.75, 3.05) is 26.5 Å². The second-order valence-corrected chi connectivity index (χ2v) is 6.86. The number of hydrogen-bond donors (Lipinski definition) is 1. The molecule has 1 aromatic heterocycles. The Morgan fingerprint density at radius 2 is 1.85 bits per heavy atom. The van der Waals surface area contributed by atoms with Gasteiger partial charge in [-0.3, -0.25) is 9.59 Å². The molecule has 0 spiro atoms. The van der Waals surface area contributed by atoms with E-state index < -0.39 is 0 Å². The molecule has 0 saturated carbocycles. The van der Waals surface area contributed by atoms with Gasteiger partial charge in [0.15, 0.2) is 0 Å². The first-order valence-corrected chi connectivity index (χ1v) is 9.09. The normalized spacial score (nSPS) is 10.3. The molecule has 0 aliphatic carbocycles. The summed E-state index contributed by atoms with van der Waals surface area (Å²) in [6, 6.07) is 14.3. The van der Waals surface area contributed by atoms with Gasteiger partial charge in [0.2, 0.25) is 0 Å². The standard InChI is InChI=1S/C20H19N3O3S/c1-23(2)20(25)14-5-4-6-15(11-14)21-18(24)17-12-27-19(22-17)13-7-9-16(26-3)10-8-13/h4-12H,1-3H3,(H,21,24). The highest BCUT2D eigenvalue weighted by molar-refractivity contribution is 7.13. The molecular weight excluding hydrogens is 362 g/mol. The van der Waals surface area contributed by atoms with Gasteiger partial charge in [0.25, 0.3) is 11.8 Å². The molecule has 2 amide bonds. The van der Waals surface area contributed by atoms with Crippen LogP contribution in [0.4, 0.5) is 5.69 Å². The molecule has 0 aliphatic heterocycles. The van der Waals surface area contributed by atoms with E-state index in [1.807, 2.05) is 24.3 Å². The molecule has 1 heterocycles. The van der Waals surface area contributed by atoms with Crippen LogP contribution in [0.15, 0.2) is 53.9 Å². The summed E-state index contributed by atoms with van der Waals surface area (Å²) < 4.78 is 5.15. The van der Waals surface area contributed by atoms with Crippen molar-refractivity contribution in [2.45, 2.75) is 0 Å². The number of amides is 2. The first-order chi connectivity index (χ1) is 13.0. The zero-order valence-corrected chi connectivity index (χ0v) is 16.0. The summed E-state index contributed by atoms with van der Waals surface area (Å²) >= 11 is 1.39. The number of thiazole rings is 1. The number of ether oxygens (including phenoxy) is 1. The highest BCUT2D eigenvalue weighted by Crippen LogP contribution is 2.26. The lowest BCUT2D eigenvalue weighted by Gasteiger charge is -2.11. The maximum atomic E-state index is 12.5. The third kappa shape index (κ3) is 4.32. The minimum Gasteiger partial charge on any atom is -0.497 e. The molecule has 3 rings (SSSR count). The average molecular weight is 381 g/mol. The Balaban J connectivity index is 1.74. The van der Waals surface area contributed by atoms with E-state index in [4.69, 9.17) is 4.74 Å². The fraction of sp³-hybridized carbons (Fsp3) is 0.150. The molecule has 0 fully saturated rings. The lowest BCUT2D eigenvalue weighted by atomic mass is 10.2. The number of rotatable bonds is 5. The first-order valence-electron chi connectivity index (χ1n) is 8.21. The smallest absolute Gasteiger partial charge is 0.275 e. The topological polar surface area (TPSA) is 71.5 Å². The molecule has 6 nitrogen and oxygen atoms in total. The molecule has 3 aromatic rings. The van der Waals surface area contributed by atoms with Gasteiger partial charge in [0, 0.05) is 36.3 Å². The number of aromatic nitrogens is 1. The van der Waals surface area contributed by atoms with Gasteiger partial charge in [-0.2, -0.15) is 0 Å². The summed E-state index contributed by atoms with van der Waals surface area (Å²) in [4.78, 5) is 30.4. The van der Waals surface area contributed by atoms with E-state index in [1.165, 1.54) is 16.2 Å². The Kier molecular flexibility index (Phi) is 5.52. The Labute approximate surface area is 161 Å². The van der Waals surface area contributed by atoms with Crippen molar-refractivity contribution in [3.05, 3.63) is 65.2 Å². The number of methoxy groups -OCH3 is 1. The van der Waals surface area contributed by atoms with Crippen LogP contribution in [-0.4, -0.2) is 42.9 Å². The fourth-order valence-corrected chi connectivity index (χ4v) is 3.23. The first kappa shape index (κ1) is 18.6. The van der Waals surface area contributed by atoms with Crippen molar-refractivity contribution in [1.82, 2.24) is 9.88 Å². The Hall–Kier alpha value is -3.19. The minimum absolute atomic E-state index is 0.124. The number of benzene rings is 2. The zero-order valence-electron chi connectivity index (χ0n) is 15.2. The number of nitrogens with zero attached hydrogens (tertiary/aromatic N) is 2. The highest BCUT2D eigenvalue weighted by atomic mass is 32.1. The Morgan fingerprint density at radius 3 is 2.52 bits per heavy atom. The second kappa shape index (κ2) is 8.01. The Morgan fingerprint density at radius 1 is 1.11 bits per heavy atom. The molecule has 0 radical (unpaired) electrons. The molecule has 27 heavy (non-hydrogen) atoms. The van der Waals surface area contributed by atoms with Gasteiger partial charge in [0.1, 0.15) is 16.5 Å². The van der Waals surface area contributed by atoms with Crippen LogP contribution < -0.4 is 10.1 Å². The van der Waals surface area contributed by atoms with Gasteiger partial charge in [-0.1, -0.05) is 6.07 Å². The van der Waals surface area contributed by atoms with Gasteiger partial charge >= 0.3 is 0 Å². The van der Waals surface area contributed by atoms with Crippen molar-refractivity contribution in [1.29, 1.82) is 0 Å². The number of carbonyl (C=O) groups is 2. The number of anilines is 1. The third-order valence-electron chi connectivity index (χ3n) is 3.85. The second-order valence-electron chi connectivity index (χ2n) is 6.00. The molecular formula is C20H19N3O3S. The SMILES string of the molecule is COc1ccc(-c2nc(C(=O)Nc3cccc(C(=O)N(C)C)c3)cs2)cc1. The van der Waals surface area contributed by atoms with Crippen LogP contribution >= 0.6 is 11.3 Å². The van der Waals surface area contributed by atoms with Crippen LogP contribution in [0.1, 0.15) is 20.8 Å². The van der Waals surface area contributed by atoms with Crippen LogP contribution in [0.2, 0.25) is 0 Å². The number of hydrogen-bond acceptors (Lipinski definition) is 5. The largest absolute Gasteiger partial charge is 0.497 e. The molecule has 0 atom stereocenters. The van der Waals surface area contributed by atoms with E-state index in [0.29, 0.717) is 16.9 Å². The van der Waals surface area contributed by atoms with Crippen molar-refractivity contribution in [3.8, 4) is 16.3 Å². The lowest BCUT2D eigenvalue weighted by Crippen LogP contribution is -2.22. The summed E-state index contributed by atoms with van der Waals surface area (Å²) in [5, 5.41) is 5.25. The summed E-state index contributed by atoms with van der Waals surface area (Å²) in [6.45, 7) is 0. The van der Waals surface area contributed by atoms with E-state index in [-0.39, 0.29) is 11.8 Å². The van der Waals surface area contributed by atoms with Gasteiger partial charge < -0.3 is 15.0 Å². The predicted molar refractivity (Wildman–Crippen MR) is 107 cm³/mol. The van der Waals surface area contributed by atoms with Crippen molar-refractivity contribution >= 4 is 28.8 Å². The monoisotopic (exact) mass is 381 g/mol. The molecule has 7 heteroatoms. The van der Waals surface area contributed by atoms with Gasteiger partial charge in [-0.05, 0) is 42.5 Å². The predicted octanol–water partition coefficient (Wildman–Crippen LogP) is 3.77. The fourth-order valence-electron chi connectivity index (χ4n) is 2.43. The van der Waals surface area contributed by atoms with Crippen LogP contribution in [0.5, 0.6) is 5.75 Å².